The van der Waals surface area contributed by atoms with Gasteiger partial charge in [0.2, 0.25) is 0 Å². The third-order valence-corrected chi connectivity index (χ3v) is 6.54. The van der Waals surface area contributed by atoms with E-state index in [0.29, 0.717) is 11.5 Å². The molecule has 3 rings (SSSR count). The number of benzene rings is 1. The SMILES string of the molecule is CC12CCC(CC1=NOC(=O)c1ccccc1Br)C2(C)C. The Morgan fingerprint density at radius 1 is 1.33 bits per heavy atom. The third-order valence-electron chi connectivity index (χ3n) is 5.84. The summed E-state index contributed by atoms with van der Waals surface area (Å²) in [7, 11) is 0. The lowest BCUT2D eigenvalue weighted by molar-refractivity contribution is 0.0507. The van der Waals surface area contributed by atoms with Crippen LogP contribution in [0.4, 0.5) is 0 Å². The second-order valence-corrected chi connectivity index (χ2v) is 7.74. The number of fused-ring (bicyclic) bond motifs is 2. The molecule has 112 valence electrons. The Kier molecular flexibility index (Phi) is 3.47. The maximum absolute atomic E-state index is 12.1. The topological polar surface area (TPSA) is 38.7 Å². The molecule has 0 aromatic heterocycles. The lowest BCUT2D eigenvalue weighted by atomic mass is 9.70. The number of hydrogen-bond donors (Lipinski definition) is 0. The van der Waals surface area contributed by atoms with E-state index in [9.17, 15) is 4.79 Å². The molecule has 2 fully saturated rings. The quantitative estimate of drug-likeness (QED) is 0.567. The fourth-order valence-electron chi connectivity index (χ4n) is 3.84. The van der Waals surface area contributed by atoms with Crippen LogP contribution in [-0.2, 0) is 4.84 Å². The standard InChI is InChI=1S/C17H20BrNO2/c1-16(2)11-8-9-17(16,3)14(10-11)19-21-15(20)12-6-4-5-7-13(12)18/h4-7,11H,8-10H2,1-3H3. The van der Waals surface area contributed by atoms with Crippen LogP contribution in [0.5, 0.6) is 0 Å². The Labute approximate surface area is 133 Å². The van der Waals surface area contributed by atoms with E-state index in [2.05, 4.69) is 41.9 Å². The van der Waals surface area contributed by atoms with Gasteiger partial charge in [-0.2, -0.15) is 0 Å². The molecule has 2 aliphatic carbocycles. The van der Waals surface area contributed by atoms with Gasteiger partial charge in [-0.1, -0.05) is 38.1 Å². The lowest BCUT2D eigenvalue weighted by Gasteiger charge is -2.34. The molecular formula is C17H20BrNO2. The van der Waals surface area contributed by atoms with Gasteiger partial charge in [-0.25, -0.2) is 4.79 Å². The number of halogens is 1. The molecule has 0 heterocycles. The van der Waals surface area contributed by atoms with Crippen molar-refractivity contribution in [2.24, 2.45) is 21.9 Å². The van der Waals surface area contributed by atoms with Crippen molar-refractivity contribution in [2.45, 2.75) is 40.0 Å². The van der Waals surface area contributed by atoms with E-state index in [4.69, 9.17) is 4.84 Å². The molecule has 2 atom stereocenters. The van der Waals surface area contributed by atoms with Crippen molar-refractivity contribution >= 4 is 27.6 Å². The molecule has 0 N–H and O–H groups in total. The Morgan fingerprint density at radius 3 is 2.62 bits per heavy atom. The van der Waals surface area contributed by atoms with Gasteiger partial charge in [0.15, 0.2) is 0 Å². The maximum Gasteiger partial charge on any atom is 0.366 e. The molecule has 1 aromatic rings. The summed E-state index contributed by atoms with van der Waals surface area (Å²) >= 11 is 3.36. The first-order chi connectivity index (χ1) is 9.86. The van der Waals surface area contributed by atoms with Crippen molar-refractivity contribution in [3.05, 3.63) is 34.3 Å². The summed E-state index contributed by atoms with van der Waals surface area (Å²) < 4.78 is 0.731. The van der Waals surface area contributed by atoms with Crippen molar-refractivity contribution in [3.8, 4) is 0 Å². The number of hydrogen-bond acceptors (Lipinski definition) is 3. The molecule has 1 aromatic carbocycles. The smallest absolute Gasteiger partial charge is 0.313 e. The van der Waals surface area contributed by atoms with Crippen LogP contribution in [0.25, 0.3) is 0 Å². The van der Waals surface area contributed by atoms with Crippen molar-refractivity contribution in [1.82, 2.24) is 0 Å². The van der Waals surface area contributed by atoms with Crippen LogP contribution in [0.1, 0.15) is 50.4 Å². The molecule has 2 aliphatic rings. The largest absolute Gasteiger partial charge is 0.366 e. The number of nitrogens with zero attached hydrogens (tertiary/aromatic N) is 1. The second kappa shape index (κ2) is 4.94. The van der Waals surface area contributed by atoms with Crippen LogP contribution in [-0.4, -0.2) is 11.7 Å². The van der Waals surface area contributed by atoms with Crippen LogP contribution in [0.3, 0.4) is 0 Å². The van der Waals surface area contributed by atoms with Gasteiger partial charge >= 0.3 is 5.97 Å². The van der Waals surface area contributed by atoms with E-state index in [1.54, 1.807) is 6.07 Å². The normalized spacial score (nSPS) is 31.6. The number of carbonyl (C=O) groups is 1. The van der Waals surface area contributed by atoms with E-state index in [1.165, 1.54) is 6.42 Å². The minimum atomic E-state index is -0.404. The van der Waals surface area contributed by atoms with Gasteiger partial charge in [-0.3, -0.25) is 0 Å². The molecule has 0 spiro atoms. The first-order valence-electron chi connectivity index (χ1n) is 7.39. The molecule has 21 heavy (non-hydrogen) atoms. The van der Waals surface area contributed by atoms with Crippen LogP contribution >= 0.6 is 15.9 Å². The van der Waals surface area contributed by atoms with Gasteiger partial charge in [0, 0.05) is 9.89 Å². The van der Waals surface area contributed by atoms with Gasteiger partial charge in [-0.05, 0) is 58.7 Å². The summed E-state index contributed by atoms with van der Waals surface area (Å²) in [6, 6.07) is 7.24. The summed E-state index contributed by atoms with van der Waals surface area (Å²) in [6.07, 6.45) is 3.34. The highest BCUT2D eigenvalue weighted by Gasteiger charge is 2.60. The van der Waals surface area contributed by atoms with Crippen LogP contribution in [0.2, 0.25) is 0 Å². The predicted molar refractivity (Wildman–Crippen MR) is 86.2 cm³/mol. The first kappa shape index (κ1) is 14.8. The van der Waals surface area contributed by atoms with E-state index < -0.39 is 5.97 Å². The molecule has 2 saturated carbocycles. The molecule has 0 saturated heterocycles. The minimum Gasteiger partial charge on any atom is -0.313 e. The Balaban J connectivity index is 1.79. The van der Waals surface area contributed by atoms with Crippen molar-refractivity contribution < 1.29 is 9.63 Å². The molecule has 2 unspecified atom stereocenters. The lowest BCUT2D eigenvalue weighted by Crippen LogP contribution is -2.32. The van der Waals surface area contributed by atoms with Gasteiger partial charge < -0.3 is 4.84 Å². The molecule has 0 radical (unpaired) electrons. The zero-order valence-electron chi connectivity index (χ0n) is 12.6. The molecular weight excluding hydrogens is 330 g/mol. The molecule has 3 nitrogen and oxygen atoms in total. The maximum atomic E-state index is 12.1. The highest BCUT2D eigenvalue weighted by molar-refractivity contribution is 9.10. The van der Waals surface area contributed by atoms with Gasteiger partial charge in [0.1, 0.15) is 0 Å². The predicted octanol–water partition coefficient (Wildman–Crippen LogP) is 4.81. The fourth-order valence-corrected chi connectivity index (χ4v) is 4.29. The van der Waals surface area contributed by atoms with E-state index >= 15 is 0 Å². The van der Waals surface area contributed by atoms with Gasteiger partial charge in [0.25, 0.3) is 0 Å². The number of rotatable bonds is 2. The summed E-state index contributed by atoms with van der Waals surface area (Å²) in [4.78, 5) is 17.4. The van der Waals surface area contributed by atoms with Crippen LogP contribution in [0, 0.1) is 16.7 Å². The average Bonchev–Trinajstić information content (AvgIpc) is 2.78. The Morgan fingerprint density at radius 2 is 2.05 bits per heavy atom. The Bertz CT molecular complexity index is 623. The zero-order valence-corrected chi connectivity index (χ0v) is 14.2. The van der Waals surface area contributed by atoms with E-state index in [-0.39, 0.29) is 10.8 Å². The van der Waals surface area contributed by atoms with Crippen molar-refractivity contribution in [3.63, 3.8) is 0 Å². The van der Waals surface area contributed by atoms with E-state index in [0.717, 1.165) is 23.0 Å². The summed E-state index contributed by atoms with van der Waals surface area (Å²) in [6.45, 7) is 6.87. The van der Waals surface area contributed by atoms with Crippen LogP contribution < -0.4 is 0 Å². The third kappa shape index (κ3) is 2.15. The molecule has 4 heteroatoms. The number of carbonyl (C=O) groups excluding carboxylic acids is 1. The highest BCUT2D eigenvalue weighted by atomic mass is 79.9. The summed E-state index contributed by atoms with van der Waals surface area (Å²) in [5.74, 6) is 0.252. The number of oxime groups is 1. The van der Waals surface area contributed by atoms with Gasteiger partial charge in [-0.15, -0.1) is 0 Å². The molecule has 0 aliphatic heterocycles. The molecule has 0 amide bonds. The highest BCUT2D eigenvalue weighted by Crippen LogP contribution is 2.63. The zero-order chi connectivity index (χ0) is 15.3. The Hall–Kier alpha value is -1.16. The first-order valence-corrected chi connectivity index (χ1v) is 8.19. The average molecular weight is 350 g/mol. The minimum absolute atomic E-state index is 0.0614. The van der Waals surface area contributed by atoms with E-state index in [1.807, 2.05) is 18.2 Å². The fraction of sp³-hybridized carbons (Fsp3) is 0.529. The summed E-state index contributed by atoms with van der Waals surface area (Å²) in [5.41, 5.74) is 1.86. The second-order valence-electron chi connectivity index (χ2n) is 6.89. The molecule has 2 bridgehead atoms. The van der Waals surface area contributed by atoms with Crippen molar-refractivity contribution in [1.29, 1.82) is 0 Å². The summed E-state index contributed by atoms with van der Waals surface area (Å²) in [5, 5.41) is 4.24. The van der Waals surface area contributed by atoms with Crippen molar-refractivity contribution in [2.75, 3.05) is 0 Å². The monoisotopic (exact) mass is 349 g/mol. The van der Waals surface area contributed by atoms with Gasteiger partial charge in [0.05, 0.1) is 11.3 Å². The van der Waals surface area contributed by atoms with Crippen LogP contribution in [0.15, 0.2) is 33.9 Å².